The van der Waals surface area contributed by atoms with Crippen molar-refractivity contribution in [3.05, 3.63) is 34.2 Å². The Morgan fingerprint density at radius 3 is 2.89 bits per heavy atom. The smallest absolute Gasteiger partial charge is 0.339 e. The molecule has 0 aliphatic heterocycles. The van der Waals surface area contributed by atoms with Crippen LogP contribution in [0.3, 0.4) is 0 Å². The molecule has 8 heteroatoms. The average Bonchev–Trinajstić information content (AvgIpc) is 2.94. The van der Waals surface area contributed by atoms with E-state index in [9.17, 15) is 9.59 Å². The van der Waals surface area contributed by atoms with Gasteiger partial charge in [-0.3, -0.25) is 4.79 Å². The van der Waals surface area contributed by atoms with Gasteiger partial charge in [0.1, 0.15) is 17.1 Å². The number of hydrogen-bond acceptors (Lipinski definition) is 6. The monoisotopic (exact) mass is 267 g/mol. The first kappa shape index (κ1) is 12.2. The third-order valence-electron chi connectivity index (χ3n) is 2.22. The summed E-state index contributed by atoms with van der Waals surface area (Å²) in [6.07, 6.45) is 0. The first-order valence-electron chi connectivity index (χ1n) is 4.96. The molecule has 2 N–H and O–H groups in total. The lowest BCUT2D eigenvalue weighted by Crippen LogP contribution is -2.22. The predicted octanol–water partition coefficient (Wildman–Crippen LogP) is 1.07. The lowest BCUT2D eigenvalue weighted by Gasteiger charge is -1.98. The molecule has 0 atom stereocenters. The maximum atomic E-state index is 11.5. The van der Waals surface area contributed by atoms with Gasteiger partial charge in [0.05, 0.1) is 6.54 Å². The summed E-state index contributed by atoms with van der Waals surface area (Å²) >= 11 is 1.08. The van der Waals surface area contributed by atoms with E-state index in [1.807, 2.05) is 0 Å². The number of aromatic carboxylic acids is 1. The minimum Gasteiger partial charge on any atom is -0.478 e. The minimum absolute atomic E-state index is 0.0922. The van der Waals surface area contributed by atoms with Gasteiger partial charge in [-0.2, -0.15) is 0 Å². The quantitative estimate of drug-likeness (QED) is 0.858. The average molecular weight is 267 g/mol. The van der Waals surface area contributed by atoms with Gasteiger partial charge in [0.2, 0.25) is 0 Å². The van der Waals surface area contributed by atoms with Crippen molar-refractivity contribution in [3.63, 3.8) is 0 Å². The number of amides is 1. The summed E-state index contributed by atoms with van der Waals surface area (Å²) in [5, 5.41) is 16.5. The molecule has 0 fully saturated rings. The molecular formula is C10H9N3O4S. The van der Waals surface area contributed by atoms with Crippen LogP contribution in [-0.2, 0) is 6.54 Å². The molecule has 0 bridgehead atoms. The predicted molar refractivity (Wildman–Crippen MR) is 61.5 cm³/mol. The molecule has 2 aromatic heterocycles. The fraction of sp³-hybridized carbons (Fsp3) is 0.200. The van der Waals surface area contributed by atoms with E-state index in [2.05, 4.69) is 14.9 Å². The van der Waals surface area contributed by atoms with Crippen LogP contribution < -0.4 is 5.32 Å². The molecule has 0 spiro atoms. The number of hydrogen-bond donors (Lipinski definition) is 2. The molecule has 0 aromatic carbocycles. The molecule has 7 nitrogen and oxygen atoms in total. The molecule has 18 heavy (non-hydrogen) atoms. The number of furan rings is 1. The Bertz CT molecular complexity index is 576. The van der Waals surface area contributed by atoms with Gasteiger partial charge < -0.3 is 14.8 Å². The van der Waals surface area contributed by atoms with Crippen LogP contribution >= 0.6 is 11.5 Å². The van der Waals surface area contributed by atoms with Gasteiger partial charge in [-0.1, -0.05) is 4.49 Å². The van der Waals surface area contributed by atoms with E-state index < -0.39 is 5.97 Å². The molecule has 2 rings (SSSR count). The number of aryl methyl sites for hydroxylation is 1. The molecular weight excluding hydrogens is 258 g/mol. The summed E-state index contributed by atoms with van der Waals surface area (Å²) in [5.41, 5.74) is 0.316. The van der Waals surface area contributed by atoms with Crippen LogP contribution in [0.2, 0.25) is 0 Å². The van der Waals surface area contributed by atoms with Gasteiger partial charge in [0.15, 0.2) is 5.69 Å². The van der Waals surface area contributed by atoms with Crippen molar-refractivity contribution < 1.29 is 19.1 Å². The summed E-state index contributed by atoms with van der Waals surface area (Å²) in [5.74, 6) is -0.754. The number of aromatic nitrogens is 2. The minimum atomic E-state index is -1.06. The van der Waals surface area contributed by atoms with Crippen molar-refractivity contribution in [2.24, 2.45) is 0 Å². The second-order valence-corrected chi connectivity index (χ2v) is 4.07. The van der Waals surface area contributed by atoms with E-state index in [0.717, 1.165) is 11.5 Å². The van der Waals surface area contributed by atoms with Crippen LogP contribution in [0.1, 0.15) is 32.4 Å². The maximum absolute atomic E-state index is 11.5. The van der Waals surface area contributed by atoms with E-state index in [0.29, 0.717) is 11.5 Å². The summed E-state index contributed by atoms with van der Waals surface area (Å²) in [6.45, 7) is 1.66. The normalized spacial score (nSPS) is 10.3. The Kier molecular flexibility index (Phi) is 3.38. The summed E-state index contributed by atoms with van der Waals surface area (Å²) < 4.78 is 8.78. The fourth-order valence-electron chi connectivity index (χ4n) is 1.36. The summed E-state index contributed by atoms with van der Waals surface area (Å²) in [4.78, 5) is 22.3. The molecule has 1 amide bonds. The van der Waals surface area contributed by atoms with E-state index in [4.69, 9.17) is 9.52 Å². The van der Waals surface area contributed by atoms with Crippen molar-refractivity contribution in [2.75, 3.05) is 0 Å². The van der Waals surface area contributed by atoms with Crippen LogP contribution in [0.25, 0.3) is 0 Å². The Hall–Kier alpha value is -2.22. The maximum Gasteiger partial charge on any atom is 0.339 e. The van der Waals surface area contributed by atoms with Gasteiger partial charge in [0.25, 0.3) is 5.91 Å². The van der Waals surface area contributed by atoms with Crippen molar-refractivity contribution in [1.29, 1.82) is 0 Å². The number of nitrogens with zero attached hydrogens (tertiary/aromatic N) is 2. The van der Waals surface area contributed by atoms with Crippen LogP contribution in [0.15, 0.2) is 15.9 Å². The van der Waals surface area contributed by atoms with Crippen molar-refractivity contribution in [1.82, 2.24) is 14.9 Å². The van der Waals surface area contributed by atoms with Crippen molar-refractivity contribution >= 4 is 23.4 Å². The van der Waals surface area contributed by atoms with Gasteiger partial charge in [-0.05, 0) is 24.5 Å². The van der Waals surface area contributed by atoms with E-state index in [-0.39, 0.29) is 23.7 Å². The van der Waals surface area contributed by atoms with Crippen molar-refractivity contribution in [2.45, 2.75) is 13.5 Å². The van der Waals surface area contributed by atoms with Crippen LogP contribution in [0.5, 0.6) is 0 Å². The largest absolute Gasteiger partial charge is 0.478 e. The Morgan fingerprint density at radius 2 is 2.33 bits per heavy atom. The van der Waals surface area contributed by atoms with E-state index in [1.165, 1.54) is 11.4 Å². The standard InChI is InChI=1S/C10H9N3O4S/c1-5-7(10(15)16)2-6(17-5)3-11-9(14)8-4-18-13-12-8/h2,4H,3H2,1H3,(H,11,14)(H,15,16). The van der Waals surface area contributed by atoms with Gasteiger partial charge in [0, 0.05) is 5.38 Å². The summed E-state index contributed by atoms with van der Waals surface area (Å²) in [6, 6.07) is 1.39. The highest BCUT2D eigenvalue weighted by molar-refractivity contribution is 7.03. The molecule has 0 aliphatic carbocycles. The number of carbonyl (C=O) groups is 2. The van der Waals surface area contributed by atoms with Crippen LogP contribution in [-0.4, -0.2) is 26.6 Å². The highest BCUT2D eigenvalue weighted by atomic mass is 32.1. The molecule has 0 saturated carbocycles. The third-order valence-corrected chi connectivity index (χ3v) is 2.72. The molecule has 0 unspecified atom stereocenters. The Balaban J connectivity index is 2.01. The number of carbonyl (C=O) groups excluding carboxylic acids is 1. The highest BCUT2D eigenvalue weighted by Gasteiger charge is 2.15. The third kappa shape index (κ3) is 2.54. The zero-order chi connectivity index (χ0) is 13.1. The second kappa shape index (κ2) is 4.96. The SMILES string of the molecule is Cc1oc(CNC(=O)c2csnn2)cc1C(=O)O. The van der Waals surface area contributed by atoms with Gasteiger partial charge >= 0.3 is 5.97 Å². The molecule has 0 radical (unpaired) electrons. The molecule has 2 aromatic rings. The molecule has 94 valence electrons. The first-order chi connectivity index (χ1) is 8.58. The topological polar surface area (TPSA) is 105 Å². The molecule has 2 heterocycles. The Morgan fingerprint density at radius 1 is 1.56 bits per heavy atom. The number of carboxylic acids is 1. The molecule has 0 saturated heterocycles. The van der Waals surface area contributed by atoms with Crippen LogP contribution in [0, 0.1) is 6.92 Å². The zero-order valence-corrected chi connectivity index (χ0v) is 10.2. The van der Waals surface area contributed by atoms with Crippen molar-refractivity contribution in [3.8, 4) is 0 Å². The van der Waals surface area contributed by atoms with Gasteiger partial charge in [-0.15, -0.1) is 5.10 Å². The molecule has 0 aliphatic rings. The fourth-order valence-corrected chi connectivity index (χ4v) is 1.80. The van der Waals surface area contributed by atoms with E-state index in [1.54, 1.807) is 6.92 Å². The van der Waals surface area contributed by atoms with Gasteiger partial charge in [-0.25, -0.2) is 4.79 Å². The summed E-state index contributed by atoms with van der Waals surface area (Å²) in [7, 11) is 0. The zero-order valence-electron chi connectivity index (χ0n) is 9.34. The number of carboxylic acid groups (broad SMARTS) is 1. The Labute approximate surface area is 106 Å². The lowest BCUT2D eigenvalue weighted by molar-refractivity contribution is 0.0694. The lowest BCUT2D eigenvalue weighted by atomic mass is 10.2. The van der Waals surface area contributed by atoms with E-state index >= 15 is 0 Å². The highest BCUT2D eigenvalue weighted by Crippen LogP contribution is 2.14. The second-order valence-electron chi connectivity index (χ2n) is 3.46. The van der Waals surface area contributed by atoms with Crippen LogP contribution in [0.4, 0.5) is 0 Å². The first-order valence-corrected chi connectivity index (χ1v) is 5.79. The number of rotatable bonds is 4. The number of nitrogens with one attached hydrogen (secondary N) is 1.